The molecule has 0 atom stereocenters. The van der Waals surface area contributed by atoms with Gasteiger partial charge in [-0.1, -0.05) is 90.1 Å². The average molecular weight is 753 g/mol. The Labute approximate surface area is 225 Å². The molecule has 2 aromatic rings. The first-order chi connectivity index (χ1) is 17.4. The SMILES string of the molecule is CC.CC.CCc1ccc(C[N+]2(C)CC[CH-]CC2)cc1.CCc1ccc(C[N+]2(C)CC[CH-]CC2)cc1.[Md]. The maximum absolute atomic E-state index is 2.43. The molecule has 0 aliphatic carbocycles. The van der Waals surface area contributed by atoms with Gasteiger partial charge in [0.15, 0.2) is 0 Å². The molecule has 0 aromatic heterocycles. The number of nitrogens with zero attached hydrogens (tertiary/aromatic N) is 2. The van der Waals surface area contributed by atoms with Gasteiger partial charge in [0.25, 0.3) is 0 Å². The number of rotatable bonds is 6. The van der Waals surface area contributed by atoms with Crippen molar-refractivity contribution in [3.05, 3.63) is 83.6 Å². The summed E-state index contributed by atoms with van der Waals surface area (Å²) in [7, 11) is 4.78. The summed E-state index contributed by atoms with van der Waals surface area (Å²) in [6.07, 6.45) is 12.3. The molecule has 2 fully saturated rings. The standard InChI is InChI=1S/2C15H23N.2C2H6.Md/c2*1-3-14-7-9-15(10-8-14)13-16(2)11-5-4-6-12-16;2*1-2;/h2*4,7-10H,3,5-6,11-13H2,1-2H3;2*1-2H3;. The molecule has 2 nitrogen and oxygen atoms in total. The van der Waals surface area contributed by atoms with Crippen molar-refractivity contribution < 1.29 is 8.97 Å². The molecule has 2 aromatic carbocycles. The van der Waals surface area contributed by atoms with Crippen LogP contribution in [0.4, 0.5) is 0 Å². The Morgan fingerprint density at radius 1 is 0.514 bits per heavy atom. The summed E-state index contributed by atoms with van der Waals surface area (Å²) < 4.78 is 2.42. The van der Waals surface area contributed by atoms with Gasteiger partial charge in [-0.25, -0.2) is 0 Å². The van der Waals surface area contributed by atoms with Crippen molar-refractivity contribution >= 4 is 0 Å². The van der Waals surface area contributed by atoms with E-state index in [9.17, 15) is 0 Å². The molecule has 2 heterocycles. The van der Waals surface area contributed by atoms with E-state index in [1.54, 1.807) is 0 Å². The fourth-order valence-corrected chi connectivity index (χ4v) is 5.08. The summed E-state index contributed by atoms with van der Waals surface area (Å²) in [6, 6.07) is 18.3. The van der Waals surface area contributed by atoms with E-state index < -0.39 is 0 Å². The maximum Gasteiger partial charge on any atom is 0.104 e. The summed E-state index contributed by atoms with van der Waals surface area (Å²) in [5, 5.41) is 0. The first kappa shape index (κ1) is 34.4. The quantitative estimate of drug-likeness (QED) is 0.206. The second-order valence-electron chi connectivity index (χ2n) is 10.5. The van der Waals surface area contributed by atoms with Gasteiger partial charge in [-0.2, -0.15) is 0 Å². The molecule has 37 heavy (non-hydrogen) atoms. The Balaban J connectivity index is 0.000000603. The van der Waals surface area contributed by atoms with Crippen LogP contribution in [0.2, 0.25) is 0 Å². The van der Waals surface area contributed by atoms with Crippen LogP contribution in [0.15, 0.2) is 48.5 Å². The van der Waals surface area contributed by atoms with Crippen molar-refractivity contribution in [2.24, 2.45) is 0 Å². The predicted octanol–water partition coefficient (Wildman–Crippen LogP) is 8.44. The summed E-state index contributed by atoms with van der Waals surface area (Å²) >= 11 is 0. The van der Waals surface area contributed by atoms with Crippen molar-refractivity contribution in [2.45, 2.75) is 93.2 Å². The van der Waals surface area contributed by atoms with E-state index in [-0.39, 0.29) is 0 Å². The first-order valence-electron chi connectivity index (χ1n) is 14.9. The Kier molecular flexibility index (Phi) is 17.3. The molecule has 3 heteroatoms. The molecule has 0 amide bonds. The number of hydrogen-bond acceptors (Lipinski definition) is 0. The number of piperidine rings is 2. The molecule has 2 aliphatic heterocycles. The zero-order valence-corrected chi connectivity index (χ0v) is 27.7. The van der Waals surface area contributed by atoms with Crippen LogP contribution in [-0.4, -0.2) is 49.2 Å². The monoisotopic (exact) mass is 753 g/mol. The Morgan fingerprint density at radius 3 is 1.00 bits per heavy atom. The number of likely N-dealkylation sites (tertiary alicyclic amines) is 2. The van der Waals surface area contributed by atoms with E-state index in [0.29, 0.717) is 0 Å². The predicted molar refractivity (Wildman–Crippen MR) is 161 cm³/mol. The average Bonchev–Trinajstić information content (AvgIpc) is 2.93. The fraction of sp³-hybridized carbons (Fsp3) is 0.588. The smallest absolute Gasteiger partial charge is 0.104 e. The van der Waals surface area contributed by atoms with Gasteiger partial charge < -0.3 is 21.8 Å². The van der Waals surface area contributed by atoms with Crippen molar-refractivity contribution in [1.82, 2.24) is 0 Å². The second-order valence-corrected chi connectivity index (χ2v) is 10.5. The zero-order chi connectivity index (χ0) is 26.9. The summed E-state index contributed by atoms with van der Waals surface area (Å²) in [6.45, 7) is 20.0. The van der Waals surface area contributed by atoms with Crippen molar-refractivity contribution in [2.75, 3.05) is 40.3 Å². The topological polar surface area (TPSA) is 0 Å². The largest absolute Gasteiger partial charge is 0.327 e. The third-order valence-corrected chi connectivity index (χ3v) is 7.48. The van der Waals surface area contributed by atoms with Gasteiger partial charge in [-0.3, -0.25) is 0 Å². The first-order valence-corrected chi connectivity index (χ1v) is 14.9. The van der Waals surface area contributed by atoms with Crippen LogP contribution in [0.1, 0.15) is 89.5 Å². The third kappa shape index (κ3) is 12.4. The van der Waals surface area contributed by atoms with E-state index in [2.05, 4.69) is 89.3 Å². The van der Waals surface area contributed by atoms with Gasteiger partial charge in [0, 0.05) is 11.1 Å². The molecular formula is C34H58MdN2. The van der Waals surface area contributed by atoms with Crippen molar-refractivity contribution in [3.63, 3.8) is 0 Å². The normalized spacial score (nSPS) is 17.3. The van der Waals surface area contributed by atoms with E-state index in [1.165, 1.54) is 96.2 Å². The Bertz CT molecular complexity index is 716. The van der Waals surface area contributed by atoms with E-state index in [1.807, 2.05) is 27.7 Å². The number of benzene rings is 2. The maximum atomic E-state index is 2.43. The molecule has 4 rings (SSSR count). The Morgan fingerprint density at radius 2 is 0.757 bits per heavy atom. The van der Waals surface area contributed by atoms with Gasteiger partial charge in [-0.05, 0) is 24.0 Å². The number of aryl methyl sites for hydroxylation is 2. The molecule has 0 saturated carbocycles. The minimum absolute atomic E-state index is 0. The van der Waals surface area contributed by atoms with Crippen LogP contribution in [-0.2, 0) is 25.9 Å². The van der Waals surface area contributed by atoms with Crippen molar-refractivity contribution in [1.29, 1.82) is 0 Å². The molecule has 2 saturated heterocycles. The summed E-state index contributed by atoms with van der Waals surface area (Å²) in [5.74, 6) is 0. The van der Waals surface area contributed by atoms with Crippen LogP contribution >= 0.6 is 0 Å². The molecule has 2 aliphatic rings. The van der Waals surface area contributed by atoms with Crippen LogP contribution in [0.3, 0.4) is 0 Å². The second kappa shape index (κ2) is 18.6. The van der Waals surface area contributed by atoms with E-state index in [4.69, 9.17) is 0 Å². The van der Waals surface area contributed by atoms with Gasteiger partial charge in [0.05, 0.1) is 40.3 Å². The number of quaternary nitrogens is 2. The van der Waals surface area contributed by atoms with Gasteiger partial charge >= 0.3 is 0 Å². The van der Waals surface area contributed by atoms with Gasteiger partial charge in [0.2, 0.25) is 0 Å². The molecular weight excluding hydrogens is 694 g/mol. The minimum Gasteiger partial charge on any atom is -0.327 e. The van der Waals surface area contributed by atoms with Gasteiger partial charge in [0.1, 0.15) is 13.1 Å². The van der Waals surface area contributed by atoms with E-state index >= 15 is 0 Å². The van der Waals surface area contributed by atoms with Crippen LogP contribution < -0.4 is 0 Å². The van der Waals surface area contributed by atoms with Crippen LogP contribution in [0, 0.1) is 12.8 Å². The summed E-state index contributed by atoms with van der Waals surface area (Å²) in [4.78, 5) is 0. The minimum atomic E-state index is 0. The molecule has 0 N–H and O–H groups in total. The van der Waals surface area contributed by atoms with E-state index in [0.717, 1.165) is 12.8 Å². The van der Waals surface area contributed by atoms with Crippen molar-refractivity contribution in [3.8, 4) is 0 Å². The molecule has 0 spiro atoms. The molecule has 1 radical (unpaired) electrons. The summed E-state index contributed by atoms with van der Waals surface area (Å²) in [5.41, 5.74) is 5.86. The Hall–Kier alpha value is -2.64. The molecule has 217 valence electrons. The zero-order valence-electron chi connectivity index (χ0n) is 25.4. The molecule has 0 unspecified atom stereocenters. The number of hydrogen-bond donors (Lipinski definition) is 0. The third-order valence-electron chi connectivity index (χ3n) is 7.48. The van der Waals surface area contributed by atoms with Gasteiger partial charge in [-0.15, -0.1) is 25.7 Å². The molecule has 0 bridgehead atoms. The fourth-order valence-electron chi connectivity index (χ4n) is 5.08. The van der Waals surface area contributed by atoms with Crippen LogP contribution in [0.25, 0.3) is 0 Å². The van der Waals surface area contributed by atoms with Crippen LogP contribution in [0.5, 0.6) is 0 Å².